The molecule has 1 atom stereocenters. The summed E-state index contributed by atoms with van der Waals surface area (Å²) in [4.78, 5) is 0. The lowest BCUT2D eigenvalue weighted by Gasteiger charge is -2.14. The van der Waals surface area contributed by atoms with Gasteiger partial charge in [-0.25, -0.2) is 0 Å². The van der Waals surface area contributed by atoms with E-state index in [1.807, 2.05) is 0 Å². The molecule has 0 radical (unpaired) electrons. The third kappa shape index (κ3) is 2.58. The van der Waals surface area contributed by atoms with Crippen LogP contribution < -0.4 is 5.32 Å². The number of hydrogen-bond acceptors (Lipinski definition) is 1. The SMILES string of the molecule is FC(F)(F)c1cc(Br)cc([C@@H]2CCCN2)c1. The molecule has 1 nitrogen and oxygen atoms in total. The Morgan fingerprint density at radius 2 is 2.00 bits per heavy atom. The van der Waals surface area contributed by atoms with E-state index in [-0.39, 0.29) is 6.04 Å². The Morgan fingerprint density at radius 3 is 2.56 bits per heavy atom. The van der Waals surface area contributed by atoms with Crippen molar-refractivity contribution in [2.24, 2.45) is 0 Å². The molecule has 0 saturated carbocycles. The second-order valence-electron chi connectivity index (χ2n) is 3.92. The predicted molar refractivity (Wildman–Crippen MR) is 59.1 cm³/mol. The van der Waals surface area contributed by atoms with Gasteiger partial charge in [-0.3, -0.25) is 0 Å². The largest absolute Gasteiger partial charge is 0.416 e. The fraction of sp³-hybridized carbons (Fsp3) is 0.455. The Labute approximate surface area is 100 Å². The van der Waals surface area contributed by atoms with Gasteiger partial charge in [-0.15, -0.1) is 0 Å². The highest BCUT2D eigenvalue weighted by Gasteiger charge is 2.32. The van der Waals surface area contributed by atoms with Crippen LogP contribution >= 0.6 is 15.9 Å². The minimum absolute atomic E-state index is 0.0543. The van der Waals surface area contributed by atoms with Crippen molar-refractivity contribution in [3.63, 3.8) is 0 Å². The zero-order chi connectivity index (χ0) is 11.8. The van der Waals surface area contributed by atoms with Crippen LogP contribution in [0.1, 0.15) is 30.0 Å². The topological polar surface area (TPSA) is 12.0 Å². The Bertz CT molecular complexity index is 383. The third-order valence-electron chi connectivity index (χ3n) is 2.71. The van der Waals surface area contributed by atoms with Crippen LogP contribution in [0, 0.1) is 0 Å². The molecule has 0 aromatic heterocycles. The monoisotopic (exact) mass is 293 g/mol. The molecule has 0 unspecified atom stereocenters. The first-order valence-electron chi connectivity index (χ1n) is 5.08. The van der Waals surface area contributed by atoms with Crippen molar-refractivity contribution in [2.75, 3.05) is 6.54 Å². The number of alkyl halides is 3. The molecule has 0 amide bonds. The van der Waals surface area contributed by atoms with E-state index in [2.05, 4.69) is 21.2 Å². The van der Waals surface area contributed by atoms with Crippen molar-refractivity contribution in [3.05, 3.63) is 33.8 Å². The highest BCUT2D eigenvalue weighted by Crippen LogP contribution is 2.34. The fourth-order valence-corrected chi connectivity index (χ4v) is 2.46. The van der Waals surface area contributed by atoms with Gasteiger partial charge in [0.15, 0.2) is 0 Å². The molecular formula is C11H11BrF3N. The smallest absolute Gasteiger partial charge is 0.310 e. The minimum atomic E-state index is -4.28. The average molecular weight is 294 g/mol. The maximum Gasteiger partial charge on any atom is 0.416 e. The summed E-state index contributed by atoms with van der Waals surface area (Å²) < 4.78 is 38.3. The van der Waals surface area contributed by atoms with Crippen molar-refractivity contribution in [2.45, 2.75) is 25.1 Å². The fourth-order valence-electron chi connectivity index (χ4n) is 1.95. The van der Waals surface area contributed by atoms with Crippen LogP contribution in [-0.2, 0) is 6.18 Å². The Balaban J connectivity index is 2.35. The van der Waals surface area contributed by atoms with E-state index < -0.39 is 11.7 Å². The summed E-state index contributed by atoms with van der Waals surface area (Å²) in [5, 5.41) is 3.19. The summed E-state index contributed by atoms with van der Waals surface area (Å²) in [5.74, 6) is 0. The van der Waals surface area contributed by atoms with Gasteiger partial charge in [0.25, 0.3) is 0 Å². The van der Waals surface area contributed by atoms with E-state index in [0.29, 0.717) is 10.0 Å². The van der Waals surface area contributed by atoms with Crippen LogP contribution in [-0.4, -0.2) is 6.54 Å². The number of halogens is 4. The summed E-state index contributed by atoms with van der Waals surface area (Å²) in [6, 6.07) is 4.14. The van der Waals surface area contributed by atoms with Crippen LogP contribution in [0.3, 0.4) is 0 Å². The van der Waals surface area contributed by atoms with Gasteiger partial charge >= 0.3 is 6.18 Å². The molecule has 88 valence electrons. The van der Waals surface area contributed by atoms with Crippen molar-refractivity contribution in [3.8, 4) is 0 Å². The lowest BCUT2D eigenvalue weighted by molar-refractivity contribution is -0.137. The minimum Gasteiger partial charge on any atom is -0.310 e. The van der Waals surface area contributed by atoms with Gasteiger partial charge in [0.2, 0.25) is 0 Å². The second-order valence-corrected chi connectivity index (χ2v) is 4.84. The van der Waals surface area contributed by atoms with E-state index in [4.69, 9.17) is 0 Å². The molecule has 5 heteroatoms. The van der Waals surface area contributed by atoms with E-state index in [0.717, 1.165) is 25.5 Å². The zero-order valence-electron chi connectivity index (χ0n) is 8.44. The van der Waals surface area contributed by atoms with E-state index in [1.165, 1.54) is 6.07 Å². The summed E-state index contributed by atoms with van der Waals surface area (Å²) in [5.41, 5.74) is 0.116. The molecule has 1 heterocycles. The van der Waals surface area contributed by atoms with E-state index in [9.17, 15) is 13.2 Å². The molecule has 1 saturated heterocycles. The second kappa shape index (κ2) is 4.37. The van der Waals surface area contributed by atoms with Gasteiger partial charge in [-0.2, -0.15) is 13.2 Å². The number of benzene rings is 1. The van der Waals surface area contributed by atoms with Gasteiger partial charge < -0.3 is 5.32 Å². The lowest BCUT2D eigenvalue weighted by Crippen LogP contribution is -2.14. The maximum absolute atomic E-state index is 12.6. The van der Waals surface area contributed by atoms with Gasteiger partial charge in [-0.05, 0) is 43.1 Å². The number of hydrogen-bond donors (Lipinski definition) is 1. The van der Waals surface area contributed by atoms with E-state index >= 15 is 0 Å². The summed E-state index contributed by atoms with van der Waals surface area (Å²) >= 11 is 3.12. The summed E-state index contributed by atoms with van der Waals surface area (Å²) in [7, 11) is 0. The number of rotatable bonds is 1. The molecule has 1 fully saturated rings. The van der Waals surface area contributed by atoms with Crippen LogP contribution in [0.15, 0.2) is 22.7 Å². The quantitative estimate of drug-likeness (QED) is 0.828. The first-order valence-corrected chi connectivity index (χ1v) is 5.87. The number of nitrogens with one attached hydrogen (secondary N) is 1. The van der Waals surface area contributed by atoms with Crippen LogP contribution in [0.25, 0.3) is 0 Å². The molecule has 0 spiro atoms. The molecule has 1 aliphatic rings. The van der Waals surface area contributed by atoms with Gasteiger partial charge in [0.05, 0.1) is 5.56 Å². The molecule has 1 aromatic carbocycles. The van der Waals surface area contributed by atoms with Gasteiger partial charge in [0.1, 0.15) is 0 Å². The highest BCUT2D eigenvalue weighted by atomic mass is 79.9. The first kappa shape index (κ1) is 11.9. The first-order chi connectivity index (χ1) is 7.47. The lowest BCUT2D eigenvalue weighted by atomic mass is 10.0. The summed E-state index contributed by atoms with van der Waals surface area (Å²) in [6.07, 6.45) is -2.37. The van der Waals surface area contributed by atoms with E-state index in [1.54, 1.807) is 6.07 Å². The molecule has 1 aliphatic heterocycles. The molecular weight excluding hydrogens is 283 g/mol. The predicted octanol–water partition coefficient (Wildman–Crippen LogP) is 3.89. The molecule has 1 aromatic rings. The summed E-state index contributed by atoms with van der Waals surface area (Å²) in [6.45, 7) is 0.874. The van der Waals surface area contributed by atoms with Crippen molar-refractivity contribution < 1.29 is 13.2 Å². The molecule has 0 aliphatic carbocycles. The van der Waals surface area contributed by atoms with Crippen LogP contribution in [0.5, 0.6) is 0 Å². The molecule has 1 N–H and O–H groups in total. The van der Waals surface area contributed by atoms with Crippen molar-refractivity contribution in [1.82, 2.24) is 5.32 Å². The van der Waals surface area contributed by atoms with Crippen LogP contribution in [0.4, 0.5) is 13.2 Å². The van der Waals surface area contributed by atoms with Crippen LogP contribution in [0.2, 0.25) is 0 Å². The normalized spacial score (nSPS) is 21.4. The van der Waals surface area contributed by atoms with Crippen molar-refractivity contribution >= 4 is 15.9 Å². The molecule has 16 heavy (non-hydrogen) atoms. The standard InChI is InChI=1S/C11H11BrF3N/c12-9-5-7(10-2-1-3-16-10)4-8(6-9)11(13,14)15/h4-6,10,16H,1-3H2/t10-/m0/s1. The maximum atomic E-state index is 12.6. The Kier molecular flexibility index (Phi) is 3.26. The average Bonchev–Trinajstić information content (AvgIpc) is 2.68. The molecule has 2 rings (SSSR count). The van der Waals surface area contributed by atoms with Gasteiger partial charge in [0, 0.05) is 10.5 Å². The zero-order valence-corrected chi connectivity index (χ0v) is 10.0. The van der Waals surface area contributed by atoms with Crippen molar-refractivity contribution in [1.29, 1.82) is 0 Å². The Hall–Kier alpha value is -0.550. The van der Waals surface area contributed by atoms with Gasteiger partial charge in [-0.1, -0.05) is 15.9 Å². The Morgan fingerprint density at radius 1 is 1.25 bits per heavy atom. The molecule has 0 bridgehead atoms. The highest BCUT2D eigenvalue weighted by molar-refractivity contribution is 9.10. The third-order valence-corrected chi connectivity index (χ3v) is 3.17.